The van der Waals surface area contributed by atoms with Gasteiger partial charge >= 0.3 is 5.97 Å². The molecule has 0 unspecified atom stereocenters. The van der Waals surface area contributed by atoms with E-state index in [-0.39, 0.29) is 23.3 Å². The summed E-state index contributed by atoms with van der Waals surface area (Å²) in [4.78, 5) is 28.4. The summed E-state index contributed by atoms with van der Waals surface area (Å²) in [6.07, 6.45) is 4.75. The van der Waals surface area contributed by atoms with Gasteiger partial charge in [-0.25, -0.2) is 4.79 Å². The van der Waals surface area contributed by atoms with Crippen molar-refractivity contribution in [2.75, 3.05) is 0 Å². The Bertz CT molecular complexity index is 1080. The van der Waals surface area contributed by atoms with Gasteiger partial charge in [0.1, 0.15) is 6.04 Å². The largest absolute Gasteiger partial charge is 0.480 e. The number of halogens is 2. The standard InChI is InChI=1S/C29H36Cl2N2O3/c1-29(2,3)24-25(32-17-20-13-14-21(30)16-22(20)31)26(19-11-5-4-6-12-19)33(27(24)28(35)36)23(34)15-18-9-7-8-10-18/h4-6,11-14,16,18,24-27,32H,7-10,15,17H2,1-3H3,(H,35,36)/t24-,25-,26-,27-/m1/s1. The molecule has 1 aliphatic carbocycles. The van der Waals surface area contributed by atoms with Crippen molar-refractivity contribution >= 4 is 35.1 Å². The zero-order valence-corrected chi connectivity index (χ0v) is 22.7. The van der Waals surface area contributed by atoms with E-state index in [1.54, 1.807) is 17.0 Å². The Morgan fingerprint density at radius 2 is 1.72 bits per heavy atom. The molecule has 2 aliphatic rings. The topological polar surface area (TPSA) is 69.6 Å². The second-order valence-electron chi connectivity index (χ2n) is 11.3. The highest BCUT2D eigenvalue weighted by Gasteiger charge is 2.57. The molecule has 1 saturated carbocycles. The lowest BCUT2D eigenvalue weighted by Crippen LogP contribution is -2.48. The van der Waals surface area contributed by atoms with E-state index in [2.05, 4.69) is 26.1 Å². The van der Waals surface area contributed by atoms with Crippen molar-refractivity contribution in [1.29, 1.82) is 0 Å². The van der Waals surface area contributed by atoms with Gasteiger partial charge in [-0.2, -0.15) is 0 Å². The Labute approximate surface area is 224 Å². The molecule has 2 fully saturated rings. The molecule has 7 heteroatoms. The normalized spacial score (nSPS) is 24.9. The molecular weight excluding hydrogens is 495 g/mol. The summed E-state index contributed by atoms with van der Waals surface area (Å²) in [6, 6.07) is 13.6. The molecule has 0 spiro atoms. The first-order chi connectivity index (χ1) is 17.1. The fourth-order valence-corrected chi connectivity index (χ4v) is 6.70. The SMILES string of the molecule is CC(C)(C)[C@@H]1[C@@H](NCc2ccc(Cl)cc2Cl)[C@@H](c2ccccc2)N(C(=O)CC2CCCC2)[C@H]1C(=O)O. The highest BCUT2D eigenvalue weighted by molar-refractivity contribution is 6.35. The van der Waals surface area contributed by atoms with Gasteiger partial charge in [0.2, 0.25) is 5.91 Å². The van der Waals surface area contributed by atoms with Crippen LogP contribution < -0.4 is 5.32 Å². The Morgan fingerprint density at radius 3 is 2.31 bits per heavy atom. The molecule has 1 aliphatic heterocycles. The van der Waals surface area contributed by atoms with Crippen molar-refractivity contribution in [3.63, 3.8) is 0 Å². The summed E-state index contributed by atoms with van der Waals surface area (Å²) in [5.74, 6) is -1.01. The van der Waals surface area contributed by atoms with Crippen LogP contribution in [-0.4, -0.2) is 34.0 Å². The molecule has 4 atom stereocenters. The summed E-state index contributed by atoms with van der Waals surface area (Å²) in [5.41, 5.74) is 1.44. The third-order valence-corrected chi connectivity index (χ3v) is 8.42. The van der Waals surface area contributed by atoms with Gasteiger partial charge in [0, 0.05) is 35.0 Å². The predicted molar refractivity (Wildman–Crippen MR) is 144 cm³/mol. The molecule has 2 N–H and O–H groups in total. The van der Waals surface area contributed by atoms with Crippen LogP contribution in [0.5, 0.6) is 0 Å². The molecule has 36 heavy (non-hydrogen) atoms. The number of carbonyl (C=O) groups excluding carboxylic acids is 1. The maximum Gasteiger partial charge on any atom is 0.326 e. The number of rotatable bonds is 7. The van der Waals surface area contributed by atoms with Crippen molar-refractivity contribution in [2.24, 2.45) is 17.3 Å². The molecule has 2 aromatic rings. The lowest BCUT2D eigenvalue weighted by molar-refractivity contribution is -0.152. The molecule has 0 radical (unpaired) electrons. The molecule has 1 amide bonds. The van der Waals surface area contributed by atoms with E-state index in [1.807, 2.05) is 36.4 Å². The number of carboxylic acids is 1. The first-order valence-corrected chi connectivity index (χ1v) is 13.6. The Hall–Kier alpha value is -2.08. The number of likely N-dealkylation sites (tertiary alicyclic amines) is 1. The number of carbonyl (C=O) groups is 2. The average Bonchev–Trinajstić information content (AvgIpc) is 3.44. The summed E-state index contributed by atoms with van der Waals surface area (Å²) in [5, 5.41) is 15.3. The number of aliphatic carboxylic acids is 1. The monoisotopic (exact) mass is 530 g/mol. The smallest absolute Gasteiger partial charge is 0.326 e. The number of nitrogens with one attached hydrogen (secondary N) is 1. The second kappa shape index (κ2) is 11.1. The van der Waals surface area contributed by atoms with Crippen LogP contribution in [0.4, 0.5) is 0 Å². The maximum absolute atomic E-state index is 13.9. The highest BCUT2D eigenvalue weighted by atomic mass is 35.5. The van der Waals surface area contributed by atoms with Crippen LogP contribution in [0, 0.1) is 17.3 Å². The summed E-state index contributed by atoms with van der Waals surface area (Å²) in [7, 11) is 0. The molecule has 1 saturated heterocycles. The van der Waals surface area contributed by atoms with Crippen molar-refractivity contribution < 1.29 is 14.7 Å². The second-order valence-corrected chi connectivity index (χ2v) is 12.2. The third-order valence-electron chi connectivity index (χ3n) is 7.83. The van der Waals surface area contributed by atoms with E-state index in [0.717, 1.165) is 36.8 Å². The predicted octanol–water partition coefficient (Wildman–Crippen LogP) is 6.73. The molecule has 0 bridgehead atoms. The third kappa shape index (κ3) is 5.74. The van der Waals surface area contributed by atoms with Crippen LogP contribution in [0.2, 0.25) is 10.0 Å². The number of nitrogens with zero attached hydrogens (tertiary/aromatic N) is 1. The van der Waals surface area contributed by atoms with Gasteiger partial charge in [-0.3, -0.25) is 4.79 Å². The molecule has 0 aromatic heterocycles. The van der Waals surface area contributed by atoms with Gasteiger partial charge in [-0.1, -0.05) is 93.2 Å². The summed E-state index contributed by atoms with van der Waals surface area (Å²) >= 11 is 12.6. The van der Waals surface area contributed by atoms with Crippen molar-refractivity contribution in [2.45, 2.75) is 77.5 Å². The van der Waals surface area contributed by atoms with Gasteiger partial charge < -0.3 is 15.3 Å². The van der Waals surface area contributed by atoms with Crippen LogP contribution in [0.3, 0.4) is 0 Å². The summed E-state index contributed by atoms with van der Waals surface area (Å²) < 4.78 is 0. The molecule has 2 aromatic carbocycles. The van der Waals surface area contributed by atoms with Gasteiger partial charge in [-0.15, -0.1) is 0 Å². The Kier molecular flexibility index (Phi) is 8.33. The lowest BCUT2D eigenvalue weighted by atomic mass is 9.72. The van der Waals surface area contributed by atoms with Crippen molar-refractivity contribution in [1.82, 2.24) is 10.2 Å². The van der Waals surface area contributed by atoms with Gasteiger partial charge in [0.05, 0.1) is 6.04 Å². The van der Waals surface area contributed by atoms with E-state index in [9.17, 15) is 14.7 Å². The van der Waals surface area contributed by atoms with E-state index in [0.29, 0.717) is 28.9 Å². The van der Waals surface area contributed by atoms with Crippen LogP contribution in [0.15, 0.2) is 48.5 Å². The number of benzene rings is 2. The minimum atomic E-state index is -0.954. The van der Waals surface area contributed by atoms with Gasteiger partial charge in [0.15, 0.2) is 0 Å². The fourth-order valence-electron chi connectivity index (χ4n) is 6.22. The Morgan fingerprint density at radius 1 is 1.06 bits per heavy atom. The highest BCUT2D eigenvalue weighted by Crippen LogP contribution is 2.49. The molecule has 4 rings (SSSR count). The van der Waals surface area contributed by atoms with Crippen LogP contribution in [-0.2, 0) is 16.1 Å². The zero-order chi connectivity index (χ0) is 26.0. The zero-order valence-electron chi connectivity index (χ0n) is 21.2. The van der Waals surface area contributed by atoms with E-state index in [1.165, 1.54) is 0 Å². The van der Waals surface area contributed by atoms with E-state index >= 15 is 0 Å². The van der Waals surface area contributed by atoms with Gasteiger partial charge in [0.25, 0.3) is 0 Å². The van der Waals surface area contributed by atoms with Crippen LogP contribution >= 0.6 is 23.2 Å². The van der Waals surface area contributed by atoms with E-state index in [4.69, 9.17) is 23.2 Å². The number of hydrogen-bond donors (Lipinski definition) is 2. The number of amides is 1. The fraction of sp³-hybridized carbons (Fsp3) is 0.517. The molecule has 1 heterocycles. The average molecular weight is 532 g/mol. The van der Waals surface area contributed by atoms with Gasteiger partial charge in [-0.05, 0) is 47.4 Å². The van der Waals surface area contributed by atoms with Crippen LogP contribution in [0.25, 0.3) is 0 Å². The minimum absolute atomic E-state index is 0.0637. The molecule has 194 valence electrons. The lowest BCUT2D eigenvalue weighted by Gasteiger charge is -2.35. The van der Waals surface area contributed by atoms with Crippen LogP contribution in [0.1, 0.15) is 70.0 Å². The number of hydrogen-bond acceptors (Lipinski definition) is 3. The Balaban J connectivity index is 1.76. The first kappa shape index (κ1) is 27.0. The van der Waals surface area contributed by atoms with Crippen molar-refractivity contribution in [3.05, 3.63) is 69.7 Å². The quantitative estimate of drug-likeness (QED) is 0.416. The minimum Gasteiger partial charge on any atom is -0.480 e. The number of carboxylic acid groups (broad SMARTS) is 1. The molecular formula is C29H36Cl2N2O3. The summed E-state index contributed by atoms with van der Waals surface area (Å²) in [6.45, 7) is 6.62. The van der Waals surface area contributed by atoms with E-state index < -0.39 is 18.1 Å². The molecule has 5 nitrogen and oxygen atoms in total. The van der Waals surface area contributed by atoms with Crippen molar-refractivity contribution in [3.8, 4) is 0 Å². The first-order valence-electron chi connectivity index (χ1n) is 12.8. The maximum atomic E-state index is 13.9.